The van der Waals surface area contributed by atoms with Gasteiger partial charge in [-0.1, -0.05) is 0 Å². The van der Waals surface area contributed by atoms with Gasteiger partial charge in [-0.2, -0.15) is 0 Å². The molecule has 0 saturated carbocycles. The number of aromatic nitrogens is 4. The molecule has 0 atom stereocenters. The van der Waals surface area contributed by atoms with Gasteiger partial charge in [-0.15, -0.1) is 0 Å². The number of H-pyrrole nitrogens is 1. The van der Waals surface area contributed by atoms with Crippen LogP contribution in [0.2, 0.25) is 0 Å². The molecule has 0 radical (unpaired) electrons. The van der Waals surface area contributed by atoms with Gasteiger partial charge in [0.25, 0.3) is 5.56 Å². The van der Waals surface area contributed by atoms with E-state index in [0.29, 0.717) is 11.2 Å². The lowest BCUT2D eigenvalue weighted by Crippen LogP contribution is -2.06. The molecule has 0 aromatic carbocycles. The molecule has 0 fully saturated rings. The van der Waals surface area contributed by atoms with Crippen LogP contribution >= 0.6 is 0 Å². The highest BCUT2D eigenvalue weighted by molar-refractivity contribution is 5.71. The molecule has 2 aromatic rings. The standard InChI is InChI=1S/C7H10N4O/c1-4-8-6-5(10(4)2)7(12)9-11(6)3/h1-3H3,(H,9,12). The van der Waals surface area contributed by atoms with Crippen molar-refractivity contribution in [1.82, 2.24) is 19.3 Å². The van der Waals surface area contributed by atoms with E-state index in [0.717, 1.165) is 5.82 Å². The van der Waals surface area contributed by atoms with Crippen LogP contribution in [0.1, 0.15) is 5.82 Å². The maximum Gasteiger partial charge on any atom is 0.290 e. The first-order valence-electron chi connectivity index (χ1n) is 3.69. The van der Waals surface area contributed by atoms with Crippen LogP contribution in [-0.2, 0) is 14.1 Å². The van der Waals surface area contributed by atoms with Gasteiger partial charge >= 0.3 is 0 Å². The number of rotatable bonds is 0. The van der Waals surface area contributed by atoms with Gasteiger partial charge in [-0.25, -0.2) is 4.98 Å². The molecule has 64 valence electrons. The fourth-order valence-corrected chi connectivity index (χ4v) is 1.34. The molecule has 5 heteroatoms. The van der Waals surface area contributed by atoms with Crippen molar-refractivity contribution >= 4 is 11.2 Å². The predicted octanol–water partition coefficient (Wildman–Crippen LogP) is -0.0915. The second-order valence-electron chi connectivity index (χ2n) is 2.89. The van der Waals surface area contributed by atoms with Crippen LogP contribution in [0.4, 0.5) is 0 Å². The minimum Gasteiger partial charge on any atom is -0.325 e. The van der Waals surface area contributed by atoms with Crippen molar-refractivity contribution in [3.05, 3.63) is 16.2 Å². The fraction of sp³-hybridized carbons (Fsp3) is 0.429. The molecule has 1 N–H and O–H groups in total. The first-order chi connectivity index (χ1) is 5.61. The molecule has 0 unspecified atom stereocenters. The van der Waals surface area contributed by atoms with E-state index in [1.807, 2.05) is 14.0 Å². The smallest absolute Gasteiger partial charge is 0.290 e. The van der Waals surface area contributed by atoms with E-state index >= 15 is 0 Å². The van der Waals surface area contributed by atoms with Crippen molar-refractivity contribution in [3.8, 4) is 0 Å². The van der Waals surface area contributed by atoms with Crippen molar-refractivity contribution in [1.29, 1.82) is 0 Å². The summed E-state index contributed by atoms with van der Waals surface area (Å²) >= 11 is 0. The summed E-state index contributed by atoms with van der Waals surface area (Å²) in [6.45, 7) is 1.87. The van der Waals surface area contributed by atoms with Crippen LogP contribution in [0.3, 0.4) is 0 Å². The van der Waals surface area contributed by atoms with Crippen molar-refractivity contribution in [2.75, 3.05) is 0 Å². The highest BCUT2D eigenvalue weighted by Crippen LogP contribution is 2.07. The summed E-state index contributed by atoms with van der Waals surface area (Å²) in [6, 6.07) is 0. The zero-order valence-electron chi connectivity index (χ0n) is 7.25. The van der Waals surface area contributed by atoms with Crippen LogP contribution in [0, 0.1) is 6.92 Å². The minimum atomic E-state index is -0.0874. The van der Waals surface area contributed by atoms with Gasteiger partial charge in [0.15, 0.2) is 11.2 Å². The van der Waals surface area contributed by atoms with Crippen LogP contribution < -0.4 is 5.56 Å². The Labute approximate surface area is 68.6 Å². The number of nitrogens with zero attached hydrogens (tertiary/aromatic N) is 3. The molecular formula is C7H10N4O. The lowest BCUT2D eigenvalue weighted by Gasteiger charge is -1.90. The van der Waals surface area contributed by atoms with E-state index in [1.165, 1.54) is 0 Å². The van der Waals surface area contributed by atoms with Crippen LogP contribution in [0.15, 0.2) is 4.79 Å². The number of hydrogen-bond acceptors (Lipinski definition) is 2. The number of hydrogen-bond donors (Lipinski definition) is 1. The topological polar surface area (TPSA) is 55.6 Å². The molecule has 0 aliphatic rings. The van der Waals surface area contributed by atoms with Crippen LogP contribution in [0.5, 0.6) is 0 Å². The third kappa shape index (κ3) is 0.677. The average molecular weight is 166 g/mol. The number of aryl methyl sites for hydroxylation is 3. The maximum atomic E-state index is 11.3. The monoisotopic (exact) mass is 166 g/mol. The molecule has 0 aliphatic heterocycles. The molecule has 2 heterocycles. The Morgan fingerprint density at radius 1 is 1.42 bits per heavy atom. The van der Waals surface area contributed by atoms with Gasteiger partial charge in [0, 0.05) is 14.1 Å². The highest BCUT2D eigenvalue weighted by atomic mass is 16.1. The summed E-state index contributed by atoms with van der Waals surface area (Å²) in [4.78, 5) is 15.5. The zero-order chi connectivity index (χ0) is 8.88. The lowest BCUT2D eigenvalue weighted by atomic mass is 10.6. The SMILES string of the molecule is Cc1nc2c(c(=O)[nH]n2C)n1C. The Kier molecular flexibility index (Phi) is 1.19. The Morgan fingerprint density at radius 2 is 2.08 bits per heavy atom. The molecular weight excluding hydrogens is 156 g/mol. The average Bonchev–Trinajstić information content (AvgIpc) is 2.41. The molecule has 0 aliphatic carbocycles. The first-order valence-corrected chi connectivity index (χ1v) is 3.69. The number of nitrogens with one attached hydrogen (secondary N) is 1. The molecule has 2 aromatic heterocycles. The van der Waals surface area contributed by atoms with Gasteiger partial charge < -0.3 is 4.57 Å². The van der Waals surface area contributed by atoms with Crippen molar-refractivity contribution in [2.45, 2.75) is 6.92 Å². The lowest BCUT2D eigenvalue weighted by molar-refractivity contribution is 0.766. The van der Waals surface area contributed by atoms with Gasteiger partial charge in [0.05, 0.1) is 0 Å². The second-order valence-corrected chi connectivity index (χ2v) is 2.89. The quantitative estimate of drug-likeness (QED) is 0.594. The largest absolute Gasteiger partial charge is 0.325 e. The first kappa shape index (κ1) is 7.15. The van der Waals surface area contributed by atoms with Gasteiger partial charge in [0.1, 0.15) is 5.82 Å². The van der Waals surface area contributed by atoms with Gasteiger partial charge in [-0.3, -0.25) is 14.6 Å². The minimum absolute atomic E-state index is 0.0874. The molecule has 2 rings (SSSR count). The van der Waals surface area contributed by atoms with E-state index in [9.17, 15) is 4.79 Å². The van der Waals surface area contributed by atoms with Crippen LogP contribution in [0.25, 0.3) is 11.2 Å². The Hall–Kier alpha value is -1.52. The van der Waals surface area contributed by atoms with Gasteiger partial charge in [0.2, 0.25) is 0 Å². The highest BCUT2D eigenvalue weighted by Gasteiger charge is 2.11. The summed E-state index contributed by atoms with van der Waals surface area (Å²) in [5, 5.41) is 2.64. The van der Waals surface area contributed by atoms with E-state index in [-0.39, 0.29) is 5.56 Å². The summed E-state index contributed by atoms with van der Waals surface area (Å²) in [6.07, 6.45) is 0. The third-order valence-electron chi connectivity index (χ3n) is 2.10. The number of aromatic amines is 1. The van der Waals surface area contributed by atoms with E-state index < -0.39 is 0 Å². The zero-order valence-corrected chi connectivity index (χ0v) is 7.25. The number of fused-ring (bicyclic) bond motifs is 1. The van der Waals surface area contributed by atoms with Crippen LogP contribution in [-0.4, -0.2) is 19.3 Å². The Balaban J connectivity index is 3.08. The molecule has 0 bridgehead atoms. The molecule has 0 amide bonds. The molecule has 0 saturated heterocycles. The Morgan fingerprint density at radius 3 is 2.67 bits per heavy atom. The fourth-order valence-electron chi connectivity index (χ4n) is 1.34. The molecule has 5 nitrogen and oxygen atoms in total. The van der Waals surface area contributed by atoms with Gasteiger partial charge in [-0.05, 0) is 6.92 Å². The summed E-state index contributed by atoms with van der Waals surface area (Å²) < 4.78 is 3.42. The Bertz CT molecular complexity index is 487. The summed E-state index contributed by atoms with van der Waals surface area (Å²) in [5.74, 6) is 0.849. The predicted molar refractivity (Wildman–Crippen MR) is 45.0 cm³/mol. The van der Waals surface area contributed by atoms with E-state index in [1.54, 1.807) is 16.3 Å². The van der Waals surface area contributed by atoms with Crippen molar-refractivity contribution in [3.63, 3.8) is 0 Å². The second kappa shape index (κ2) is 2.00. The number of imidazole rings is 1. The summed E-state index contributed by atoms with van der Waals surface area (Å²) in [7, 11) is 3.61. The molecule has 0 spiro atoms. The van der Waals surface area contributed by atoms with Crippen molar-refractivity contribution in [2.24, 2.45) is 14.1 Å². The maximum absolute atomic E-state index is 11.3. The van der Waals surface area contributed by atoms with E-state index in [2.05, 4.69) is 10.1 Å². The third-order valence-corrected chi connectivity index (χ3v) is 2.10. The molecule has 12 heavy (non-hydrogen) atoms. The summed E-state index contributed by atoms with van der Waals surface area (Å²) in [5.41, 5.74) is 1.26. The van der Waals surface area contributed by atoms with E-state index in [4.69, 9.17) is 0 Å². The van der Waals surface area contributed by atoms with Crippen molar-refractivity contribution < 1.29 is 0 Å². The normalized spacial score (nSPS) is 11.2.